The topological polar surface area (TPSA) is 92.1 Å². The standard InChI is InChI=1S/C10H16N4O2S2/c1-10(9(11)17)3-6-14(7-4-10)18(15,16)8-2-5-12-13-8/h2,5H,3-4,6-7H2,1H3,(H2,11,17)(H,12,13). The van der Waals surface area contributed by atoms with Gasteiger partial charge in [-0.15, -0.1) is 0 Å². The van der Waals surface area contributed by atoms with E-state index >= 15 is 0 Å². The van der Waals surface area contributed by atoms with Gasteiger partial charge >= 0.3 is 0 Å². The van der Waals surface area contributed by atoms with Crippen LogP contribution in [-0.2, 0) is 10.0 Å². The fourth-order valence-corrected chi connectivity index (χ4v) is 3.54. The molecule has 3 N–H and O–H groups in total. The van der Waals surface area contributed by atoms with Crippen LogP contribution >= 0.6 is 12.2 Å². The lowest BCUT2D eigenvalue weighted by Gasteiger charge is -2.37. The molecule has 0 aliphatic carbocycles. The maximum atomic E-state index is 12.2. The monoisotopic (exact) mass is 288 g/mol. The summed E-state index contributed by atoms with van der Waals surface area (Å²) in [4.78, 5) is 0.459. The fraction of sp³-hybridized carbons (Fsp3) is 0.600. The first-order chi connectivity index (χ1) is 8.36. The van der Waals surface area contributed by atoms with Crippen molar-refractivity contribution in [1.29, 1.82) is 0 Å². The summed E-state index contributed by atoms with van der Waals surface area (Å²) in [6.45, 7) is 2.83. The number of hydrogen-bond acceptors (Lipinski definition) is 4. The Morgan fingerprint density at radius 3 is 2.61 bits per heavy atom. The highest BCUT2D eigenvalue weighted by Crippen LogP contribution is 2.33. The van der Waals surface area contributed by atoms with E-state index in [4.69, 9.17) is 18.0 Å². The number of aromatic nitrogens is 2. The molecular weight excluding hydrogens is 272 g/mol. The molecule has 0 amide bonds. The molecule has 8 heteroatoms. The molecule has 1 aromatic heterocycles. The first-order valence-electron chi connectivity index (χ1n) is 5.66. The van der Waals surface area contributed by atoms with Gasteiger partial charge in [-0.05, 0) is 18.9 Å². The van der Waals surface area contributed by atoms with Crippen molar-refractivity contribution < 1.29 is 8.42 Å². The minimum Gasteiger partial charge on any atom is -0.393 e. The third-order valence-electron chi connectivity index (χ3n) is 3.51. The van der Waals surface area contributed by atoms with E-state index in [0.29, 0.717) is 30.9 Å². The summed E-state index contributed by atoms with van der Waals surface area (Å²) in [5.41, 5.74) is 5.46. The SMILES string of the molecule is CC1(C(N)=S)CCN(S(=O)(=O)c2ccn[nH]2)CC1. The molecule has 0 unspecified atom stereocenters. The summed E-state index contributed by atoms with van der Waals surface area (Å²) < 4.78 is 25.9. The predicted octanol–water partition coefficient (Wildman–Crippen LogP) is 0.487. The molecule has 100 valence electrons. The molecule has 2 rings (SSSR count). The van der Waals surface area contributed by atoms with E-state index in [1.54, 1.807) is 0 Å². The zero-order valence-electron chi connectivity index (χ0n) is 10.1. The van der Waals surface area contributed by atoms with Crippen molar-refractivity contribution >= 4 is 27.2 Å². The van der Waals surface area contributed by atoms with Crippen LogP contribution in [0.4, 0.5) is 0 Å². The molecular formula is C10H16N4O2S2. The molecule has 1 saturated heterocycles. The number of sulfonamides is 1. The van der Waals surface area contributed by atoms with Crippen molar-refractivity contribution in [3.63, 3.8) is 0 Å². The van der Waals surface area contributed by atoms with Gasteiger partial charge in [0.15, 0.2) is 5.03 Å². The molecule has 0 atom stereocenters. The number of nitrogens with two attached hydrogens (primary N) is 1. The minimum atomic E-state index is -3.46. The number of aromatic amines is 1. The fourth-order valence-electron chi connectivity index (χ4n) is 1.99. The molecule has 0 saturated carbocycles. The average molecular weight is 288 g/mol. The Morgan fingerprint density at radius 2 is 2.17 bits per heavy atom. The highest BCUT2D eigenvalue weighted by atomic mass is 32.2. The minimum absolute atomic E-state index is 0.126. The molecule has 18 heavy (non-hydrogen) atoms. The van der Waals surface area contributed by atoms with E-state index in [9.17, 15) is 8.42 Å². The molecule has 2 heterocycles. The highest BCUT2D eigenvalue weighted by molar-refractivity contribution is 7.89. The molecule has 1 aliphatic heterocycles. The normalized spacial score (nSPS) is 20.7. The van der Waals surface area contributed by atoms with Crippen LogP contribution in [0.25, 0.3) is 0 Å². The number of rotatable bonds is 3. The Bertz CT molecular complexity index is 530. The molecule has 6 nitrogen and oxygen atoms in total. The molecule has 0 radical (unpaired) electrons. The van der Waals surface area contributed by atoms with Crippen molar-refractivity contribution in [2.45, 2.75) is 24.8 Å². The number of piperidine rings is 1. The third kappa shape index (κ3) is 2.27. The maximum absolute atomic E-state index is 12.2. The van der Waals surface area contributed by atoms with E-state index in [0.717, 1.165) is 0 Å². The van der Waals surface area contributed by atoms with Crippen molar-refractivity contribution in [2.24, 2.45) is 11.1 Å². The molecule has 1 aliphatic rings. The molecule has 0 spiro atoms. The van der Waals surface area contributed by atoms with Crippen molar-refractivity contribution in [2.75, 3.05) is 13.1 Å². The Morgan fingerprint density at radius 1 is 1.56 bits per heavy atom. The van der Waals surface area contributed by atoms with E-state index in [1.165, 1.54) is 16.6 Å². The van der Waals surface area contributed by atoms with Crippen LogP contribution in [0.15, 0.2) is 17.3 Å². The van der Waals surface area contributed by atoms with Crippen molar-refractivity contribution in [3.8, 4) is 0 Å². The number of thiocarbonyl (C=S) groups is 1. The summed E-state index contributed by atoms with van der Waals surface area (Å²) >= 11 is 5.03. The van der Waals surface area contributed by atoms with Gasteiger partial charge in [0, 0.05) is 18.5 Å². The summed E-state index contributed by atoms with van der Waals surface area (Å²) in [6, 6.07) is 1.46. The van der Waals surface area contributed by atoms with E-state index in [1.807, 2.05) is 6.92 Å². The molecule has 1 fully saturated rings. The average Bonchev–Trinajstić information content (AvgIpc) is 2.83. The first kappa shape index (κ1) is 13.4. The lowest BCUT2D eigenvalue weighted by Crippen LogP contribution is -2.46. The third-order valence-corrected chi connectivity index (χ3v) is 5.83. The number of nitrogens with zero attached hydrogens (tertiary/aromatic N) is 2. The quantitative estimate of drug-likeness (QED) is 0.790. The second-order valence-corrected chi connectivity index (χ2v) is 7.10. The van der Waals surface area contributed by atoms with Gasteiger partial charge in [0.05, 0.1) is 11.2 Å². The maximum Gasteiger partial charge on any atom is 0.259 e. The van der Waals surface area contributed by atoms with Gasteiger partial charge in [-0.25, -0.2) is 8.42 Å². The van der Waals surface area contributed by atoms with Crippen LogP contribution in [-0.4, -0.2) is 41.0 Å². The summed E-state index contributed by atoms with van der Waals surface area (Å²) in [6.07, 6.45) is 2.72. The van der Waals surface area contributed by atoms with Crippen LogP contribution in [0, 0.1) is 5.41 Å². The summed E-state index contributed by atoms with van der Waals surface area (Å²) in [5, 5.41) is 6.28. The van der Waals surface area contributed by atoms with E-state index < -0.39 is 10.0 Å². The summed E-state index contributed by atoms with van der Waals surface area (Å²) in [7, 11) is -3.46. The van der Waals surface area contributed by atoms with Crippen LogP contribution < -0.4 is 5.73 Å². The largest absolute Gasteiger partial charge is 0.393 e. The lowest BCUT2D eigenvalue weighted by atomic mass is 9.81. The Hall–Kier alpha value is -0.990. The Balaban J connectivity index is 2.14. The van der Waals surface area contributed by atoms with Crippen molar-refractivity contribution in [3.05, 3.63) is 12.3 Å². The van der Waals surface area contributed by atoms with Gasteiger partial charge in [-0.2, -0.15) is 9.40 Å². The Kier molecular flexibility index (Phi) is 3.43. The van der Waals surface area contributed by atoms with Gasteiger partial charge in [0.25, 0.3) is 10.0 Å². The highest BCUT2D eigenvalue weighted by Gasteiger charge is 2.37. The molecule has 0 aromatic carbocycles. The van der Waals surface area contributed by atoms with Crippen LogP contribution in [0.3, 0.4) is 0 Å². The zero-order chi connectivity index (χ0) is 13.4. The van der Waals surface area contributed by atoms with Crippen molar-refractivity contribution in [1.82, 2.24) is 14.5 Å². The van der Waals surface area contributed by atoms with E-state index in [2.05, 4.69) is 10.2 Å². The molecule has 0 bridgehead atoms. The smallest absolute Gasteiger partial charge is 0.259 e. The zero-order valence-corrected chi connectivity index (χ0v) is 11.7. The first-order valence-corrected chi connectivity index (χ1v) is 7.50. The van der Waals surface area contributed by atoms with Crippen LogP contribution in [0.5, 0.6) is 0 Å². The van der Waals surface area contributed by atoms with Gasteiger partial charge in [0.1, 0.15) is 0 Å². The van der Waals surface area contributed by atoms with Crippen LogP contribution in [0.1, 0.15) is 19.8 Å². The number of hydrogen-bond donors (Lipinski definition) is 2. The van der Waals surface area contributed by atoms with E-state index in [-0.39, 0.29) is 10.4 Å². The summed E-state index contributed by atoms with van der Waals surface area (Å²) in [5.74, 6) is 0. The second-order valence-electron chi connectivity index (χ2n) is 4.75. The Labute approximate surface area is 112 Å². The van der Waals surface area contributed by atoms with Gasteiger partial charge in [0.2, 0.25) is 0 Å². The predicted molar refractivity (Wildman–Crippen MR) is 71.5 cm³/mol. The lowest BCUT2D eigenvalue weighted by molar-refractivity contribution is 0.243. The number of H-pyrrole nitrogens is 1. The van der Waals surface area contributed by atoms with Crippen LogP contribution in [0.2, 0.25) is 0 Å². The van der Waals surface area contributed by atoms with Gasteiger partial charge in [-0.3, -0.25) is 5.10 Å². The molecule has 1 aromatic rings. The van der Waals surface area contributed by atoms with Gasteiger partial charge < -0.3 is 5.73 Å². The second kappa shape index (κ2) is 4.60. The number of nitrogens with one attached hydrogen (secondary N) is 1. The van der Waals surface area contributed by atoms with Gasteiger partial charge in [-0.1, -0.05) is 19.1 Å².